The minimum Gasteiger partial charge on any atom is -0.307 e. The van der Waals surface area contributed by atoms with Crippen LogP contribution in [0.3, 0.4) is 0 Å². The molecule has 0 fully saturated rings. The summed E-state index contributed by atoms with van der Waals surface area (Å²) in [6.45, 7) is 0. The van der Waals surface area contributed by atoms with Gasteiger partial charge >= 0.3 is 0 Å². The van der Waals surface area contributed by atoms with E-state index in [4.69, 9.17) is 0 Å². The quantitative estimate of drug-likeness (QED) is 0.736. The number of nitrogens with zero attached hydrogens (tertiary/aromatic N) is 2. The first-order valence-electron chi connectivity index (χ1n) is 5.79. The Hall–Kier alpha value is -2.01. The summed E-state index contributed by atoms with van der Waals surface area (Å²) in [4.78, 5) is 4.86. The van der Waals surface area contributed by atoms with Crippen molar-refractivity contribution in [1.29, 1.82) is 0 Å². The van der Waals surface area contributed by atoms with E-state index in [2.05, 4.69) is 4.98 Å². The van der Waals surface area contributed by atoms with Crippen molar-refractivity contribution in [1.82, 2.24) is 9.38 Å². The number of aromatic nitrogens is 2. The van der Waals surface area contributed by atoms with E-state index in [1.807, 2.05) is 35.0 Å². The van der Waals surface area contributed by atoms with Crippen molar-refractivity contribution in [3.8, 4) is 0 Å². The molecule has 0 amide bonds. The Morgan fingerprint density at radius 2 is 2.11 bits per heavy atom. The smallest absolute Gasteiger partial charge is 0.137 e. The normalized spacial score (nSPS) is 12.7. The van der Waals surface area contributed by atoms with Crippen LogP contribution in [0.25, 0.3) is 5.65 Å². The lowest BCUT2D eigenvalue weighted by molar-refractivity contribution is 0.622. The lowest BCUT2D eigenvalue weighted by Crippen LogP contribution is -1.97. The van der Waals surface area contributed by atoms with Gasteiger partial charge in [-0.05, 0) is 30.3 Å². The van der Waals surface area contributed by atoms with Gasteiger partial charge in [0.15, 0.2) is 0 Å². The van der Waals surface area contributed by atoms with Crippen LogP contribution < -0.4 is 0 Å². The Balaban J connectivity index is 1.86. The summed E-state index contributed by atoms with van der Waals surface area (Å²) in [6.07, 6.45) is 3.73. The van der Waals surface area contributed by atoms with Crippen molar-refractivity contribution in [3.05, 3.63) is 66.4 Å². The van der Waals surface area contributed by atoms with Crippen LogP contribution in [0.4, 0.5) is 4.39 Å². The van der Waals surface area contributed by atoms with Crippen LogP contribution in [0.1, 0.15) is 5.69 Å². The van der Waals surface area contributed by atoms with E-state index in [0.717, 1.165) is 11.3 Å². The number of benzene rings is 1. The van der Waals surface area contributed by atoms with Gasteiger partial charge < -0.3 is 4.40 Å². The SMILES string of the molecule is O=S(Cc1cn2ccccc2n1)c1cccc(F)c1. The summed E-state index contributed by atoms with van der Waals surface area (Å²) in [5.74, 6) is -0.0913. The van der Waals surface area contributed by atoms with Crippen LogP contribution in [-0.4, -0.2) is 13.6 Å². The Morgan fingerprint density at radius 1 is 1.21 bits per heavy atom. The van der Waals surface area contributed by atoms with E-state index >= 15 is 0 Å². The predicted octanol–water partition coefficient (Wildman–Crippen LogP) is 2.78. The maximum absolute atomic E-state index is 13.1. The Bertz CT molecular complexity index is 721. The third kappa shape index (κ3) is 2.56. The molecule has 3 aromatic rings. The fraction of sp³-hybridized carbons (Fsp3) is 0.0714. The molecule has 1 atom stereocenters. The number of fused-ring (bicyclic) bond motifs is 1. The van der Waals surface area contributed by atoms with Gasteiger partial charge in [-0.15, -0.1) is 0 Å². The average molecular weight is 274 g/mol. The molecule has 2 aromatic heterocycles. The maximum Gasteiger partial charge on any atom is 0.137 e. The fourth-order valence-corrected chi connectivity index (χ4v) is 2.93. The van der Waals surface area contributed by atoms with Gasteiger partial charge in [0.1, 0.15) is 11.5 Å². The molecule has 5 heteroatoms. The van der Waals surface area contributed by atoms with Gasteiger partial charge in [-0.1, -0.05) is 12.1 Å². The monoisotopic (exact) mass is 274 g/mol. The number of imidazole rings is 1. The van der Waals surface area contributed by atoms with Crippen LogP contribution in [-0.2, 0) is 16.6 Å². The van der Waals surface area contributed by atoms with E-state index in [-0.39, 0.29) is 11.6 Å². The summed E-state index contributed by atoms with van der Waals surface area (Å²) in [7, 11) is -1.29. The Labute approximate surface area is 112 Å². The second-order valence-corrected chi connectivity index (χ2v) is 5.60. The van der Waals surface area contributed by atoms with Crippen molar-refractivity contribution in [2.75, 3.05) is 0 Å². The van der Waals surface area contributed by atoms with Crippen molar-refractivity contribution >= 4 is 16.4 Å². The summed E-state index contributed by atoms with van der Waals surface area (Å²) in [5, 5.41) is 0. The summed E-state index contributed by atoms with van der Waals surface area (Å²) < 4.78 is 27.1. The molecule has 0 aliphatic heterocycles. The molecule has 0 saturated heterocycles. The molecule has 0 aliphatic carbocycles. The van der Waals surface area contributed by atoms with E-state index < -0.39 is 10.8 Å². The largest absolute Gasteiger partial charge is 0.307 e. The highest BCUT2D eigenvalue weighted by Crippen LogP contribution is 2.14. The number of hydrogen-bond donors (Lipinski definition) is 0. The molecular weight excluding hydrogens is 263 g/mol. The highest BCUT2D eigenvalue weighted by molar-refractivity contribution is 7.84. The van der Waals surface area contributed by atoms with Crippen LogP contribution in [0, 0.1) is 5.82 Å². The van der Waals surface area contributed by atoms with Gasteiger partial charge in [-0.25, -0.2) is 9.37 Å². The molecule has 0 aliphatic rings. The molecule has 1 unspecified atom stereocenters. The zero-order valence-corrected chi connectivity index (χ0v) is 10.8. The molecule has 0 N–H and O–H groups in total. The van der Waals surface area contributed by atoms with E-state index in [1.54, 1.807) is 12.1 Å². The lowest BCUT2D eigenvalue weighted by atomic mass is 10.4. The molecule has 0 radical (unpaired) electrons. The number of rotatable bonds is 3. The predicted molar refractivity (Wildman–Crippen MR) is 71.7 cm³/mol. The van der Waals surface area contributed by atoms with Gasteiger partial charge in [0.05, 0.1) is 22.2 Å². The first-order chi connectivity index (χ1) is 9.22. The van der Waals surface area contributed by atoms with Gasteiger partial charge in [0, 0.05) is 17.3 Å². The molecule has 0 bridgehead atoms. The third-order valence-electron chi connectivity index (χ3n) is 2.75. The highest BCUT2D eigenvalue weighted by atomic mass is 32.2. The maximum atomic E-state index is 13.1. The first-order valence-corrected chi connectivity index (χ1v) is 7.11. The highest BCUT2D eigenvalue weighted by Gasteiger charge is 2.09. The van der Waals surface area contributed by atoms with Crippen molar-refractivity contribution in [3.63, 3.8) is 0 Å². The summed E-state index contributed by atoms with van der Waals surface area (Å²) in [6, 6.07) is 11.5. The molecule has 0 saturated carbocycles. The van der Waals surface area contributed by atoms with E-state index in [9.17, 15) is 8.60 Å². The molecule has 3 nitrogen and oxygen atoms in total. The topological polar surface area (TPSA) is 34.4 Å². The minimum absolute atomic E-state index is 0.283. The van der Waals surface area contributed by atoms with Gasteiger partial charge in [-0.2, -0.15) is 0 Å². The lowest BCUT2D eigenvalue weighted by Gasteiger charge is -1.99. The van der Waals surface area contributed by atoms with Crippen LogP contribution in [0.2, 0.25) is 0 Å². The zero-order valence-electron chi connectivity index (χ0n) is 9.99. The van der Waals surface area contributed by atoms with Gasteiger partial charge in [0.25, 0.3) is 0 Å². The number of pyridine rings is 1. The summed E-state index contributed by atoms with van der Waals surface area (Å²) >= 11 is 0. The van der Waals surface area contributed by atoms with Crippen molar-refractivity contribution in [2.45, 2.75) is 10.6 Å². The van der Waals surface area contributed by atoms with Gasteiger partial charge in [0.2, 0.25) is 0 Å². The Kier molecular flexibility index (Phi) is 3.13. The molecule has 2 heterocycles. The first kappa shape index (κ1) is 12.0. The van der Waals surface area contributed by atoms with Crippen molar-refractivity contribution in [2.24, 2.45) is 0 Å². The van der Waals surface area contributed by atoms with Gasteiger partial charge in [-0.3, -0.25) is 4.21 Å². The van der Waals surface area contributed by atoms with Crippen LogP contribution in [0.15, 0.2) is 59.8 Å². The molecule has 1 aromatic carbocycles. The minimum atomic E-state index is -1.29. The standard InChI is InChI=1S/C14H11FN2OS/c15-11-4-3-5-13(8-11)19(18)10-12-9-17-7-2-1-6-14(17)16-12/h1-9H,10H2. The Morgan fingerprint density at radius 3 is 2.89 bits per heavy atom. The second-order valence-electron chi connectivity index (χ2n) is 4.15. The van der Waals surface area contributed by atoms with Crippen LogP contribution >= 0.6 is 0 Å². The van der Waals surface area contributed by atoms with Crippen molar-refractivity contribution < 1.29 is 8.60 Å². The fourth-order valence-electron chi connectivity index (χ4n) is 1.88. The molecule has 96 valence electrons. The van der Waals surface area contributed by atoms with E-state index in [1.165, 1.54) is 12.1 Å². The molecule has 3 rings (SSSR count). The third-order valence-corrected chi connectivity index (χ3v) is 4.09. The molecular formula is C14H11FN2OS. The zero-order chi connectivity index (χ0) is 13.2. The number of halogens is 1. The van der Waals surface area contributed by atoms with Crippen LogP contribution in [0.5, 0.6) is 0 Å². The number of hydrogen-bond acceptors (Lipinski definition) is 2. The van der Waals surface area contributed by atoms with E-state index in [0.29, 0.717) is 4.90 Å². The molecule has 19 heavy (non-hydrogen) atoms. The summed E-state index contributed by atoms with van der Waals surface area (Å²) in [5.41, 5.74) is 1.54. The average Bonchev–Trinajstić information content (AvgIpc) is 2.80. The molecule has 0 spiro atoms. The second kappa shape index (κ2) is 4.93.